The van der Waals surface area contributed by atoms with Gasteiger partial charge in [0.05, 0.1) is 24.0 Å². The maximum absolute atomic E-state index is 12.2. The van der Waals surface area contributed by atoms with Crippen molar-refractivity contribution in [2.45, 2.75) is 47.6 Å². The summed E-state index contributed by atoms with van der Waals surface area (Å²) in [6.07, 6.45) is 4.93. The molecule has 104 valence electrons. The number of nitrogens with zero attached hydrogens (tertiary/aromatic N) is 1. The molecule has 0 N–H and O–H groups in total. The molecule has 3 atom stereocenters. The summed E-state index contributed by atoms with van der Waals surface area (Å²) in [6.45, 7) is 3.01. The summed E-state index contributed by atoms with van der Waals surface area (Å²) in [5.74, 6) is 0. The fraction of sp³-hybridized carbons (Fsp3) is 1.00. The standard InChI is InChI=1S/C12H20ClNO3S/c13-11-12(14-6-8-17-9-7-14)5-3-1-2-4-10(12)18(11,15)16/h10-11H,1-9H2/t10-,11+,12-/m1/s1. The smallest absolute Gasteiger partial charge is 0.173 e. The van der Waals surface area contributed by atoms with E-state index in [-0.39, 0.29) is 10.8 Å². The molecule has 4 nitrogen and oxygen atoms in total. The van der Waals surface area contributed by atoms with Crippen molar-refractivity contribution in [3.63, 3.8) is 0 Å². The molecule has 0 aromatic rings. The number of hydrogen-bond donors (Lipinski definition) is 0. The van der Waals surface area contributed by atoms with E-state index in [1.54, 1.807) is 0 Å². The van der Waals surface area contributed by atoms with Crippen molar-refractivity contribution in [2.75, 3.05) is 26.3 Å². The van der Waals surface area contributed by atoms with Crippen LogP contribution in [0.1, 0.15) is 32.1 Å². The zero-order valence-electron chi connectivity index (χ0n) is 10.5. The Hall–Kier alpha value is 0.160. The number of alkyl halides is 1. The molecule has 0 aromatic heterocycles. The molecule has 0 aromatic carbocycles. The van der Waals surface area contributed by atoms with E-state index < -0.39 is 14.5 Å². The summed E-state index contributed by atoms with van der Waals surface area (Å²) in [7, 11) is -3.11. The summed E-state index contributed by atoms with van der Waals surface area (Å²) < 4.78 is 29.1. The Morgan fingerprint density at radius 1 is 1.17 bits per heavy atom. The van der Waals surface area contributed by atoms with Crippen LogP contribution in [0, 0.1) is 0 Å². The molecule has 0 radical (unpaired) electrons. The van der Waals surface area contributed by atoms with Crippen LogP contribution in [0.5, 0.6) is 0 Å². The summed E-state index contributed by atoms with van der Waals surface area (Å²) in [4.78, 5) is 2.30. The Labute approximate surface area is 114 Å². The van der Waals surface area contributed by atoms with Crippen LogP contribution in [0.15, 0.2) is 0 Å². The normalized spacial score (nSPS) is 44.7. The van der Waals surface area contributed by atoms with Crippen molar-refractivity contribution in [3.8, 4) is 0 Å². The van der Waals surface area contributed by atoms with Gasteiger partial charge in [-0.05, 0) is 12.8 Å². The van der Waals surface area contributed by atoms with Crippen LogP contribution in [-0.4, -0.2) is 55.1 Å². The molecule has 2 heterocycles. The number of morpholine rings is 1. The van der Waals surface area contributed by atoms with E-state index in [1.165, 1.54) is 0 Å². The van der Waals surface area contributed by atoms with Gasteiger partial charge < -0.3 is 4.74 Å². The number of ether oxygens (including phenoxy) is 1. The van der Waals surface area contributed by atoms with Gasteiger partial charge in [0.2, 0.25) is 0 Å². The number of fused-ring (bicyclic) bond motifs is 1. The second-order valence-corrected chi connectivity index (χ2v) is 8.50. The highest BCUT2D eigenvalue weighted by Gasteiger charge is 2.68. The van der Waals surface area contributed by atoms with Crippen LogP contribution >= 0.6 is 11.6 Å². The zero-order valence-corrected chi connectivity index (χ0v) is 12.0. The van der Waals surface area contributed by atoms with Crippen LogP contribution < -0.4 is 0 Å². The van der Waals surface area contributed by atoms with Crippen LogP contribution in [-0.2, 0) is 14.6 Å². The first-order valence-corrected chi connectivity index (χ1v) is 8.84. The third kappa shape index (κ3) is 1.67. The van der Waals surface area contributed by atoms with E-state index in [1.807, 2.05) is 0 Å². The lowest BCUT2D eigenvalue weighted by atomic mass is 9.87. The van der Waals surface area contributed by atoms with Crippen molar-refractivity contribution < 1.29 is 13.2 Å². The summed E-state index contributed by atoms with van der Waals surface area (Å²) >= 11 is 6.31. The SMILES string of the molecule is O=S1(=O)[C@H](Cl)[C@@]2(N3CCOCC3)CCCCC[C@H]21. The Bertz CT molecular complexity index is 421. The van der Waals surface area contributed by atoms with Gasteiger partial charge in [0.15, 0.2) is 14.5 Å². The molecule has 0 bridgehead atoms. The highest BCUT2D eigenvalue weighted by molar-refractivity contribution is 7.95. The van der Waals surface area contributed by atoms with Crippen LogP contribution in [0.2, 0.25) is 0 Å². The Balaban J connectivity index is 1.94. The van der Waals surface area contributed by atoms with Crippen molar-refractivity contribution >= 4 is 21.4 Å². The lowest BCUT2D eigenvalue weighted by molar-refractivity contribution is -0.0303. The minimum atomic E-state index is -3.11. The predicted octanol–water partition coefficient (Wildman–Crippen LogP) is 1.38. The Kier molecular flexibility index (Phi) is 3.37. The van der Waals surface area contributed by atoms with Gasteiger partial charge in [-0.15, -0.1) is 11.6 Å². The number of halogens is 1. The predicted molar refractivity (Wildman–Crippen MR) is 70.6 cm³/mol. The molecule has 0 spiro atoms. The topological polar surface area (TPSA) is 46.6 Å². The molecule has 0 unspecified atom stereocenters. The molecule has 3 fully saturated rings. The minimum Gasteiger partial charge on any atom is -0.379 e. The summed E-state index contributed by atoms with van der Waals surface area (Å²) in [6, 6.07) is 0. The minimum absolute atomic E-state index is 0.243. The fourth-order valence-electron chi connectivity index (χ4n) is 3.88. The van der Waals surface area contributed by atoms with E-state index in [0.717, 1.165) is 45.2 Å². The van der Waals surface area contributed by atoms with Crippen LogP contribution in [0.4, 0.5) is 0 Å². The van der Waals surface area contributed by atoms with Gasteiger partial charge in [0.1, 0.15) is 0 Å². The third-order valence-corrected chi connectivity index (χ3v) is 8.32. The van der Waals surface area contributed by atoms with Gasteiger partial charge in [-0.1, -0.05) is 19.3 Å². The lowest BCUT2D eigenvalue weighted by Crippen LogP contribution is -2.76. The van der Waals surface area contributed by atoms with Gasteiger partial charge in [-0.3, -0.25) is 4.90 Å². The van der Waals surface area contributed by atoms with Gasteiger partial charge in [0, 0.05) is 13.1 Å². The second kappa shape index (κ2) is 4.62. The lowest BCUT2D eigenvalue weighted by Gasteiger charge is -2.58. The molecule has 3 aliphatic rings. The molecule has 0 amide bonds. The van der Waals surface area contributed by atoms with Gasteiger partial charge in [0.25, 0.3) is 0 Å². The van der Waals surface area contributed by atoms with Gasteiger partial charge in [-0.2, -0.15) is 0 Å². The number of hydrogen-bond acceptors (Lipinski definition) is 4. The van der Waals surface area contributed by atoms with Crippen molar-refractivity contribution in [3.05, 3.63) is 0 Å². The van der Waals surface area contributed by atoms with E-state index >= 15 is 0 Å². The molecule has 3 rings (SSSR count). The quantitative estimate of drug-likeness (QED) is 0.685. The zero-order chi connectivity index (χ0) is 12.8. The van der Waals surface area contributed by atoms with E-state index in [4.69, 9.17) is 16.3 Å². The van der Waals surface area contributed by atoms with Gasteiger partial charge in [-0.25, -0.2) is 8.42 Å². The first kappa shape index (κ1) is 13.2. The van der Waals surface area contributed by atoms with Crippen molar-refractivity contribution in [2.24, 2.45) is 0 Å². The summed E-state index contributed by atoms with van der Waals surface area (Å²) in [5.41, 5.74) is -0.305. The second-order valence-electron chi connectivity index (χ2n) is 5.58. The third-order valence-electron chi connectivity index (χ3n) is 4.78. The molecular weight excluding hydrogens is 274 g/mol. The molecule has 6 heteroatoms. The molecule has 2 saturated heterocycles. The first-order valence-electron chi connectivity index (χ1n) is 6.80. The number of rotatable bonds is 1. The number of sulfone groups is 1. The molecular formula is C12H20ClNO3S. The molecule has 1 saturated carbocycles. The van der Waals surface area contributed by atoms with Crippen molar-refractivity contribution in [1.82, 2.24) is 4.90 Å². The molecule has 18 heavy (non-hydrogen) atoms. The molecule has 2 aliphatic heterocycles. The Morgan fingerprint density at radius 3 is 2.61 bits per heavy atom. The molecule has 1 aliphatic carbocycles. The highest BCUT2D eigenvalue weighted by atomic mass is 35.5. The maximum Gasteiger partial charge on any atom is 0.173 e. The first-order chi connectivity index (χ1) is 8.60. The average molecular weight is 294 g/mol. The highest BCUT2D eigenvalue weighted by Crippen LogP contribution is 2.53. The van der Waals surface area contributed by atoms with E-state index in [2.05, 4.69) is 4.90 Å². The van der Waals surface area contributed by atoms with Gasteiger partial charge >= 0.3 is 0 Å². The fourth-order valence-corrected chi connectivity index (χ4v) is 7.25. The van der Waals surface area contributed by atoms with E-state index in [0.29, 0.717) is 13.2 Å². The summed E-state index contributed by atoms with van der Waals surface area (Å²) in [5, 5.41) is -0.243. The van der Waals surface area contributed by atoms with Crippen LogP contribution in [0.3, 0.4) is 0 Å². The maximum atomic E-state index is 12.2. The van der Waals surface area contributed by atoms with Crippen molar-refractivity contribution in [1.29, 1.82) is 0 Å². The monoisotopic (exact) mass is 293 g/mol. The largest absolute Gasteiger partial charge is 0.379 e. The Morgan fingerprint density at radius 2 is 1.89 bits per heavy atom. The average Bonchev–Trinajstić information content (AvgIpc) is 2.61. The van der Waals surface area contributed by atoms with E-state index in [9.17, 15) is 8.42 Å². The van der Waals surface area contributed by atoms with Crippen LogP contribution in [0.25, 0.3) is 0 Å².